The summed E-state index contributed by atoms with van der Waals surface area (Å²) in [6, 6.07) is 0. The zero-order valence-electron chi connectivity index (χ0n) is 49.2. The standard InChI is InChI=1S/C67H124O6/c1-4-7-10-13-16-19-22-25-28-30-31-32-33-34-35-37-39-42-45-48-51-54-57-60-66(69)72-63-64(62-71-65(68)59-56-53-50-47-44-41-38-27-24-21-18-15-12-9-6-3)73-67(70)61-58-55-52-49-46-43-40-36-29-26-23-20-17-14-11-8-5-2/h8,11,17,20,26,29,64H,4-7,9-10,12-16,18-19,21-25,27-28,30-63H2,1-3H3/b11-8-,20-17-,29-26-. The molecular weight excluding hydrogens is 901 g/mol. The maximum absolute atomic E-state index is 12.9. The fourth-order valence-corrected chi connectivity index (χ4v) is 9.81. The molecule has 0 spiro atoms. The van der Waals surface area contributed by atoms with Crippen molar-refractivity contribution in [2.24, 2.45) is 0 Å². The molecule has 0 aromatic rings. The topological polar surface area (TPSA) is 78.9 Å². The molecule has 6 nitrogen and oxygen atoms in total. The van der Waals surface area contributed by atoms with E-state index >= 15 is 0 Å². The highest BCUT2D eigenvalue weighted by atomic mass is 16.6. The van der Waals surface area contributed by atoms with E-state index in [1.54, 1.807) is 0 Å². The van der Waals surface area contributed by atoms with Gasteiger partial charge in [-0.3, -0.25) is 14.4 Å². The van der Waals surface area contributed by atoms with E-state index in [0.717, 1.165) is 83.5 Å². The third-order valence-corrected chi connectivity index (χ3v) is 14.7. The Bertz CT molecular complexity index is 1220. The van der Waals surface area contributed by atoms with Gasteiger partial charge in [0.15, 0.2) is 6.10 Å². The number of ether oxygens (including phenoxy) is 3. The molecule has 73 heavy (non-hydrogen) atoms. The van der Waals surface area contributed by atoms with Crippen LogP contribution in [-0.2, 0) is 28.6 Å². The normalized spacial score (nSPS) is 12.2. The van der Waals surface area contributed by atoms with E-state index in [-0.39, 0.29) is 31.1 Å². The average Bonchev–Trinajstić information content (AvgIpc) is 3.39. The van der Waals surface area contributed by atoms with Gasteiger partial charge in [0.05, 0.1) is 0 Å². The van der Waals surface area contributed by atoms with Gasteiger partial charge in [-0.05, 0) is 51.4 Å². The summed E-state index contributed by atoms with van der Waals surface area (Å²) >= 11 is 0. The molecule has 1 atom stereocenters. The van der Waals surface area contributed by atoms with Gasteiger partial charge in [-0.1, -0.05) is 320 Å². The number of hydrogen-bond acceptors (Lipinski definition) is 6. The third kappa shape index (κ3) is 60.4. The van der Waals surface area contributed by atoms with Gasteiger partial charge in [0.2, 0.25) is 0 Å². The van der Waals surface area contributed by atoms with E-state index in [2.05, 4.69) is 57.2 Å². The van der Waals surface area contributed by atoms with Crippen molar-refractivity contribution in [3.63, 3.8) is 0 Å². The molecule has 1 unspecified atom stereocenters. The summed E-state index contributed by atoms with van der Waals surface area (Å²) in [7, 11) is 0. The lowest BCUT2D eigenvalue weighted by molar-refractivity contribution is -0.167. The Labute approximate surface area is 455 Å². The molecule has 0 saturated heterocycles. The van der Waals surface area contributed by atoms with Gasteiger partial charge >= 0.3 is 17.9 Å². The molecule has 0 fully saturated rings. The summed E-state index contributed by atoms with van der Waals surface area (Å²) in [6.45, 7) is 6.59. The number of rotatable bonds is 60. The lowest BCUT2D eigenvalue weighted by Crippen LogP contribution is -2.30. The molecule has 0 amide bonds. The van der Waals surface area contributed by atoms with Crippen LogP contribution in [0.2, 0.25) is 0 Å². The SMILES string of the molecule is CC/C=C\C/C=C\C/C=C\CCCCCCCCCC(=O)OC(COC(=O)CCCCCCCCCCCCCCCCC)COC(=O)CCCCCCCCCCCCCCCCCCCCCCCCC. The van der Waals surface area contributed by atoms with Gasteiger partial charge in [0.25, 0.3) is 0 Å². The Kier molecular flexibility index (Phi) is 60.2. The van der Waals surface area contributed by atoms with Crippen LogP contribution in [0.15, 0.2) is 36.5 Å². The van der Waals surface area contributed by atoms with E-state index in [0.29, 0.717) is 19.3 Å². The van der Waals surface area contributed by atoms with Gasteiger partial charge in [-0.2, -0.15) is 0 Å². The van der Waals surface area contributed by atoms with E-state index < -0.39 is 6.10 Å². The molecule has 0 radical (unpaired) electrons. The lowest BCUT2D eigenvalue weighted by Gasteiger charge is -2.18. The van der Waals surface area contributed by atoms with Gasteiger partial charge in [0, 0.05) is 19.3 Å². The van der Waals surface area contributed by atoms with Crippen LogP contribution < -0.4 is 0 Å². The molecular formula is C67H124O6. The van der Waals surface area contributed by atoms with E-state index in [4.69, 9.17) is 14.2 Å². The number of carbonyl (C=O) groups excluding carboxylic acids is 3. The minimum Gasteiger partial charge on any atom is -0.462 e. The Morgan fingerprint density at radius 1 is 0.288 bits per heavy atom. The zero-order chi connectivity index (χ0) is 52.9. The van der Waals surface area contributed by atoms with Crippen LogP contribution in [0.5, 0.6) is 0 Å². The second-order valence-corrected chi connectivity index (χ2v) is 22.0. The molecule has 0 N–H and O–H groups in total. The van der Waals surface area contributed by atoms with Crippen molar-refractivity contribution in [1.82, 2.24) is 0 Å². The first-order chi connectivity index (χ1) is 36.0. The molecule has 0 heterocycles. The number of carbonyl (C=O) groups is 3. The largest absolute Gasteiger partial charge is 0.462 e. The van der Waals surface area contributed by atoms with E-state index in [1.807, 2.05) is 0 Å². The summed E-state index contributed by atoms with van der Waals surface area (Å²) in [4.78, 5) is 38.3. The fraction of sp³-hybridized carbons (Fsp3) is 0.866. The van der Waals surface area contributed by atoms with Crippen molar-refractivity contribution < 1.29 is 28.6 Å². The fourth-order valence-electron chi connectivity index (χ4n) is 9.81. The minimum atomic E-state index is -0.774. The van der Waals surface area contributed by atoms with E-state index in [9.17, 15) is 14.4 Å². The number of hydrogen-bond donors (Lipinski definition) is 0. The molecule has 0 aliphatic carbocycles. The predicted octanol–water partition coefficient (Wildman–Crippen LogP) is 22.0. The highest BCUT2D eigenvalue weighted by Gasteiger charge is 2.19. The summed E-state index contributed by atoms with van der Waals surface area (Å²) in [6.07, 6.45) is 75.8. The molecule has 0 rings (SSSR count). The third-order valence-electron chi connectivity index (χ3n) is 14.7. The summed E-state index contributed by atoms with van der Waals surface area (Å²) in [5, 5.41) is 0. The molecule has 0 saturated carbocycles. The number of esters is 3. The molecule has 0 bridgehead atoms. The highest BCUT2D eigenvalue weighted by molar-refractivity contribution is 5.71. The van der Waals surface area contributed by atoms with Crippen LogP contribution in [0.25, 0.3) is 0 Å². The Morgan fingerprint density at radius 3 is 0.836 bits per heavy atom. The highest BCUT2D eigenvalue weighted by Crippen LogP contribution is 2.18. The Hall–Kier alpha value is -2.37. The van der Waals surface area contributed by atoms with Crippen LogP contribution in [-0.4, -0.2) is 37.2 Å². The second kappa shape index (κ2) is 62.2. The second-order valence-electron chi connectivity index (χ2n) is 22.0. The van der Waals surface area contributed by atoms with Crippen LogP contribution >= 0.6 is 0 Å². The van der Waals surface area contributed by atoms with Crippen molar-refractivity contribution in [3.05, 3.63) is 36.5 Å². The molecule has 0 aromatic carbocycles. The van der Waals surface area contributed by atoms with Crippen LogP contribution in [0.3, 0.4) is 0 Å². The number of unbranched alkanes of at least 4 members (excludes halogenated alkanes) is 43. The minimum absolute atomic E-state index is 0.0707. The number of allylic oxidation sites excluding steroid dienone is 6. The van der Waals surface area contributed by atoms with Gasteiger partial charge in [0.1, 0.15) is 13.2 Å². The van der Waals surface area contributed by atoms with Crippen molar-refractivity contribution in [3.8, 4) is 0 Å². The van der Waals surface area contributed by atoms with Crippen molar-refractivity contribution in [2.45, 2.75) is 361 Å². The molecule has 0 aromatic heterocycles. The summed E-state index contributed by atoms with van der Waals surface area (Å²) in [5.41, 5.74) is 0. The van der Waals surface area contributed by atoms with Crippen LogP contribution in [0, 0.1) is 0 Å². The van der Waals surface area contributed by atoms with Crippen molar-refractivity contribution in [2.75, 3.05) is 13.2 Å². The molecule has 0 aliphatic rings. The quantitative estimate of drug-likeness (QED) is 0.0261. The maximum Gasteiger partial charge on any atom is 0.306 e. The maximum atomic E-state index is 12.9. The van der Waals surface area contributed by atoms with Crippen molar-refractivity contribution in [1.29, 1.82) is 0 Å². The van der Waals surface area contributed by atoms with E-state index in [1.165, 1.54) is 231 Å². The first kappa shape index (κ1) is 70.6. The Morgan fingerprint density at radius 2 is 0.534 bits per heavy atom. The smallest absolute Gasteiger partial charge is 0.306 e. The van der Waals surface area contributed by atoms with Crippen molar-refractivity contribution >= 4 is 17.9 Å². The lowest BCUT2D eigenvalue weighted by atomic mass is 10.0. The summed E-state index contributed by atoms with van der Waals surface area (Å²) < 4.78 is 16.9. The molecule has 6 heteroatoms. The average molecular weight is 1030 g/mol. The van der Waals surface area contributed by atoms with Crippen LogP contribution in [0.1, 0.15) is 355 Å². The van der Waals surface area contributed by atoms with Gasteiger partial charge in [-0.15, -0.1) is 0 Å². The Balaban J connectivity index is 4.28. The zero-order valence-corrected chi connectivity index (χ0v) is 49.2. The monoisotopic (exact) mass is 1020 g/mol. The first-order valence-corrected chi connectivity index (χ1v) is 32.5. The molecule has 428 valence electrons. The van der Waals surface area contributed by atoms with Gasteiger partial charge in [-0.25, -0.2) is 0 Å². The summed E-state index contributed by atoms with van der Waals surface area (Å²) in [5.74, 6) is -0.854. The molecule has 0 aliphatic heterocycles. The predicted molar refractivity (Wildman–Crippen MR) is 316 cm³/mol. The van der Waals surface area contributed by atoms with Crippen LogP contribution in [0.4, 0.5) is 0 Å². The van der Waals surface area contributed by atoms with Gasteiger partial charge < -0.3 is 14.2 Å². The first-order valence-electron chi connectivity index (χ1n) is 32.5.